The molecule has 7 nitrogen and oxygen atoms in total. The van der Waals surface area contributed by atoms with Crippen LogP contribution in [-0.2, 0) is 11.3 Å². The van der Waals surface area contributed by atoms with Crippen molar-refractivity contribution >= 4 is 17.9 Å². The summed E-state index contributed by atoms with van der Waals surface area (Å²) in [6.45, 7) is -0.204. The Labute approximate surface area is 154 Å². The third-order valence-corrected chi connectivity index (χ3v) is 4.29. The Morgan fingerprint density at radius 3 is 2.67 bits per heavy atom. The summed E-state index contributed by atoms with van der Waals surface area (Å²) in [5.41, 5.74) is 0.167. The maximum atomic E-state index is 13.9. The van der Waals surface area contributed by atoms with Crippen LogP contribution in [0.1, 0.15) is 28.8 Å². The minimum Gasteiger partial charge on any atom is -0.483 e. The van der Waals surface area contributed by atoms with Crippen molar-refractivity contribution in [3.8, 4) is 5.75 Å². The van der Waals surface area contributed by atoms with Crippen LogP contribution in [0, 0.1) is 15.9 Å². The summed E-state index contributed by atoms with van der Waals surface area (Å²) in [5, 5.41) is 10.8. The topological polar surface area (TPSA) is 89.7 Å². The SMILES string of the molecule is O=Cc1cc([N+](=O)[O-])ccc1OCC(=O)N(Cc1ccccc1F)C1CC1. The molecule has 0 unspecified atom stereocenters. The minimum atomic E-state index is -0.620. The fraction of sp³-hybridized carbons (Fsp3) is 0.263. The van der Waals surface area contributed by atoms with E-state index in [-0.39, 0.29) is 47.9 Å². The Morgan fingerprint density at radius 2 is 2.04 bits per heavy atom. The predicted molar refractivity (Wildman–Crippen MR) is 94.0 cm³/mol. The number of nitro benzene ring substituents is 1. The van der Waals surface area contributed by atoms with Gasteiger partial charge in [-0.25, -0.2) is 4.39 Å². The number of amides is 1. The average molecular weight is 372 g/mol. The zero-order valence-corrected chi connectivity index (χ0v) is 14.3. The van der Waals surface area contributed by atoms with Crippen molar-refractivity contribution in [1.29, 1.82) is 0 Å². The molecule has 0 aliphatic heterocycles. The van der Waals surface area contributed by atoms with E-state index in [4.69, 9.17) is 4.74 Å². The number of nitrogens with zero attached hydrogens (tertiary/aromatic N) is 2. The van der Waals surface area contributed by atoms with Gasteiger partial charge in [0.25, 0.3) is 11.6 Å². The van der Waals surface area contributed by atoms with E-state index >= 15 is 0 Å². The minimum absolute atomic E-state index is 0.0101. The zero-order chi connectivity index (χ0) is 19.4. The number of halogens is 1. The molecule has 1 aliphatic rings. The van der Waals surface area contributed by atoms with E-state index in [1.54, 1.807) is 23.1 Å². The number of rotatable bonds is 8. The van der Waals surface area contributed by atoms with Gasteiger partial charge in [0, 0.05) is 30.3 Å². The van der Waals surface area contributed by atoms with Gasteiger partial charge in [-0.15, -0.1) is 0 Å². The quantitative estimate of drug-likeness (QED) is 0.403. The van der Waals surface area contributed by atoms with Crippen LogP contribution in [-0.4, -0.2) is 34.7 Å². The van der Waals surface area contributed by atoms with Crippen molar-refractivity contribution in [3.05, 3.63) is 69.5 Å². The van der Waals surface area contributed by atoms with Gasteiger partial charge in [0.05, 0.1) is 10.5 Å². The lowest BCUT2D eigenvalue weighted by Gasteiger charge is -2.23. The molecule has 0 saturated heterocycles. The molecule has 140 valence electrons. The highest BCUT2D eigenvalue weighted by Gasteiger charge is 2.33. The van der Waals surface area contributed by atoms with Crippen molar-refractivity contribution in [1.82, 2.24) is 4.90 Å². The van der Waals surface area contributed by atoms with Crippen LogP contribution < -0.4 is 4.74 Å². The van der Waals surface area contributed by atoms with E-state index in [9.17, 15) is 24.1 Å². The monoisotopic (exact) mass is 372 g/mol. The number of ether oxygens (including phenoxy) is 1. The van der Waals surface area contributed by atoms with Gasteiger partial charge in [0.15, 0.2) is 12.9 Å². The molecule has 3 rings (SSSR count). The van der Waals surface area contributed by atoms with Crippen LogP contribution in [0.3, 0.4) is 0 Å². The lowest BCUT2D eigenvalue weighted by molar-refractivity contribution is -0.384. The van der Waals surface area contributed by atoms with Crippen molar-refractivity contribution in [2.24, 2.45) is 0 Å². The molecule has 0 radical (unpaired) electrons. The van der Waals surface area contributed by atoms with Gasteiger partial charge < -0.3 is 9.64 Å². The number of carbonyl (C=O) groups excluding carboxylic acids is 2. The second-order valence-electron chi connectivity index (χ2n) is 6.23. The molecule has 0 atom stereocenters. The highest BCUT2D eigenvalue weighted by Crippen LogP contribution is 2.29. The van der Waals surface area contributed by atoms with E-state index in [1.807, 2.05) is 0 Å². The summed E-state index contributed by atoms with van der Waals surface area (Å²) in [7, 11) is 0. The molecular weight excluding hydrogens is 355 g/mol. The average Bonchev–Trinajstić information content (AvgIpc) is 3.50. The predicted octanol–water partition coefficient (Wildman–Crippen LogP) is 3.12. The summed E-state index contributed by atoms with van der Waals surface area (Å²) < 4.78 is 19.3. The van der Waals surface area contributed by atoms with Crippen molar-refractivity contribution in [2.75, 3.05) is 6.61 Å². The third-order valence-electron chi connectivity index (χ3n) is 4.29. The molecule has 1 aliphatic carbocycles. The Bertz CT molecular complexity index is 882. The van der Waals surface area contributed by atoms with Gasteiger partial charge in [-0.3, -0.25) is 19.7 Å². The van der Waals surface area contributed by atoms with Gasteiger partial charge >= 0.3 is 0 Å². The second-order valence-corrected chi connectivity index (χ2v) is 6.23. The van der Waals surface area contributed by atoms with Gasteiger partial charge in [-0.05, 0) is 25.0 Å². The van der Waals surface area contributed by atoms with Crippen LogP contribution in [0.2, 0.25) is 0 Å². The molecular formula is C19H17FN2O5. The first-order chi connectivity index (χ1) is 13.0. The number of carbonyl (C=O) groups is 2. The summed E-state index contributed by atoms with van der Waals surface area (Å²) >= 11 is 0. The molecule has 2 aromatic rings. The summed E-state index contributed by atoms with van der Waals surface area (Å²) in [4.78, 5) is 35.4. The van der Waals surface area contributed by atoms with E-state index in [1.165, 1.54) is 18.2 Å². The molecule has 27 heavy (non-hydrogen) atoms. The number of non-ortho nitro benzene ring substituents is 1. The molecule has 0 aromatic heterocycles. The highest BCUT2D eigenvalue weighted by atomic mass is 19.1. The number of hydrogen-bond donors (Lipinski definition) is 0. The number of hydrogen-bond acceptors (Lipinski definition) is 5. The van der Waals surface area contributed by atoms with Gasteiger partial charge in [-0.2, -0.15) is 0 Å². The van der Waals surface area contributed by atoms with E-state index in [2.05, 4.69) is 0 Å². The lowest BCUT2D eigenvalue weighted by Crippen LogP contribution is -2.36. The van der Waals surface area contributed by atoms with Crippen LogP contribution >= 0.6 is 0 Å². The molecule has 8 heteroatoms. The van der Waals surface area contributed by atoms with Gasteiger partial charge in [0.2, 0.25) is 0 Å². The van der Waals surface area contributed by atoms with Crippen molar-refractivity contribution in [3.63, 3.8) is 0 Å². The number of aldehydes is 1. The third kappa shape index (κ3) is 4.46. The Kier molecular flexibility index (Phi) is 5.44. The van der Waals surface area contributed by atoms with Crippen LogP contribution in [0.5, 0.6) is 5.75 Å². The standard InChI is InChI=1S/C19H17FN2O5/c20-17-4-2-1-3-13(17)10-21(15-5-6-15)19(24)12-27-18-8-7-16(22(25)26)9-14(18)11-23/h1-4,7-9,11,15H,5-6,10,12H2. The molecule has 0 spiro atoms. The van der Waals surface area contributed by atoms with Crippen LogP contribution in [0.15, 0.2) is 42.5 Å². The van der Waals surface area contributed by atoms with Gasteiger partial charge in [-0.1, -0.05) is 18.2 Å². The molecule has 0 N–H and O–H groups in total. The summed E-state index contributed by atoms with van der Waals surface area (Å²) in [6.07, 6.45) is 2.12. The molecule has 0 heterocycles. The van der Waals surface area contributed by atoms with E-state index in [0.29, 0.717) is 11.8 Å². The Balaban J connectivity index is 1.69. The molecule has 1 amide bonds. The van der Waals surface area contributed by atoms with Crippen molar-refractivity contribution in [2.45, 2.75) is 25.4 Å². The molecule has 2 aromatic carbocycles. The normalized spacial score (nSPS) is 13.1. The number of benzene rings is 2. The first-order valence-corrected chi connectivity index (χ1v) is 8.39. The van der Waals surface area contributed by atoms with Crippen LogP contribution in [0.25, 0.3) is 0 Å². The summed E-state index contributed by atoms with van der Waals surface area (Å²) in [6, 6.07) is 9.87. The fourth-order valence-electron chi connectivity index (χ4n) is 2.71. The lowest BCUT2D eigenvalue weighted by atomic mass is 10.2. The van der Waals surface area contributed by atoms with Crippen LogP contribution in [0.4, 0.5) is 10.1 Å². The largest absolute Gasteiger partial charge is 0.483 e. The molecule has 1 fully saturated rings. The Hall–Kier alpha value is -3.29. The first-order valence-electron chi connectivity index (χ1n) is 8.39. The second kappa shape index (κ2) is 7.94. The van der Waals surface area contributed by atoms with Crippen molar-refractivity contribution < 1.29 is 23.6 Å². The summed E-state index contributed by atoms with van der Waals surface area (Å²) in [5.74, 6) is -0.628. The zero-order valence-electron chi connectivity index (χ0n) is 14.3. The molecule has 1 saturated carbocycles. The fourth-order valence-corrected chi connectivity index (χ4v) is 2.71. The maximum Gasteiger partial charge on any atom is 0.270 e. The highest BCUT2D eigenvalue weighted by molar-refractivity contribution is 5.82. The maximum absolute atomic E-state index is 13.9. The Morgan fingerprint density at radius 1 is 1.30 bits per heavy atom. The van der Waals surface area contributed by atoms with Gasteiger partial charge in [0.1, 0.15) is 11.6 Å². The number of nitro groups is 1. The molecule has 0 bridgehead atoms. The van der Waals surface area contributed by atoms with E-state index < -0.39 is 4.92 Å². The first kappa shape index (κ1) is 18.5. The van der Waals surface area contributed by atoms with E-state index in [0.717, 1.165) is 18.9 Å². The smallest absolute Gasteiger partial charge is 0.270 e.